The summed E-state index contributed by atoms with van der Waals surface area (Å²) < 4.78 is 5.10. The first-order valence-corrected chi connectivity index (χ1v) is 6.90. The van der Waals surface area contributed by atoms with Crippen LogP contribution in [0.1, 0.15) is 12.5 Å². The number of nitrogens with one attached hydrogen (secondary N) is 1. The van der Waals surface area contributed by atoms with Gasteiger partial charge in [0, 0.05) is 11.4 Å². The highest BCUT2D eigenvalue weighted by Gasteiger charge is 2.25. The number of rotatable bonds is 4. The summed E-state index contributed by atoms with van der Waals surface area (Å²) >= 11 is 1.66. The molecule has 1 aliphatic heterocycles. The van der Waals surface area contributed by atoms with E-state index in [2.05, 4.69) is 5.32 Å². The van der Waals surface area contributed by atoms with Crippen molar-refractivity contribution in [3.05, 3.63) is 23.8 Å². The van der Waals surface area contributed by atoms with E-state index in [1.54, 1.807) is 17.8 Å². The average molecular weight is 266 g/mol. The molecule has 0 aliphatic carbocycles. The molecule has 98 valence electrons. The van der Waals surface area contributed by atoms with Gasteiger partial charge in [-0.15, -0.1) is 11.8 Å². The lowest BCUT2D eigenvalue weighted by Gasteiger charge is -2.27. The molecule has 1 unspecified atom stereocenters. The monoisotopic (exact) mass is 266 g/mol. The number of thioether (sulfide) groups is 1. The van der Waals surface area contributed by atoms with Crippen LogP contribution < -0.4 is 11.1 Å². The summed E-state index contributed by atoms with van der Waals surface area (Å²) in [5.41, 5.74) is 8.19. The van der Waals surface area contributed by atoms with E-state index in [9.17, 15) is 4.79 Å². The third-order valence-corrected chi connectivity index (χ3v) is 4.16. The Kier molecular flexibility index (Phi) is 4.14. The minimum absolute atomic E-state index is 0.0276. The third kappa shape index (κ3) is 3.17. The van der Waals surface area contributed by atoms with Crippen molar-refractivity contribution in [1.29, 1.82) is 0 Å². The summed E-state index contributed by atoms with van der Waals surface area (Å²) in [4.78, 5) is 12.0. The van der Waals surface area contributed by atoms with Gasteiger partial charge in [-0.1, -0.05) is 0 Å². The molecular formula is C13H18N2O2S. The Morgan fingerprint density at radius 3 is 2.83 bits per heavy atom. The fourth-order valence-electron chi connectivity index (χ4n) is 1.70. The van der Waals surface area contributed by atoms with Crippen LogP contribution in [0.5, 0.6) is 0 Å². The van der Waals surface area contributed by atoms with Crippen LogP contribution in [0.25, 0.3) is 0 Å². The Morgan fingerprint density at radius 1 is 1.56 bits per heavy atom. The molecule has 0 radical (unpaired) electrons. The molecule has 3 N–H and O–H groups in total. The molecular weight excluding hydrogens is 248 g/mol. The Morgan fingerprint density at radius 2 is 2.28 bits per heavy atom. The largest absolute Gasteiger partial charge is 0.399 e. The van der Waals surface area contributed by atoms with Crippen molar-refractivity contribution in [3.8, 4) is 0 Å². The number of carbonyl (C=O) groups is 1. The molecule has 0 bridgehead atoms. The molecule has 1 aromatic rings. The third-order valence-electron chi connectivity index (χ3n) is 2.88. The van der Waals surface area contributed by atoms with E-state index < -0.39 is 0 Å². The SMILES string of the molecule is Cc1cc(N)ccc1NC(=O)C(C)SC1COC1. The van der Waals surface area contributed by atoms with Crippen molar-refractivity contribution in [2.45, 2.75) is 24.3 Å². The van der Waals surface area contributed by atoms with Crippen molar-refractivity contribution in [2.75, 3.05) is 24.3 Å². The van der Waals surface area contributed by atoms with Gasteiger partial charge in [0.1, 0.15) is 0 Å². The summed E-state index contributed by atoms with van der Waals surface area (Å²) in [5, 5.41) is 3.32. The van der Waals surface area contributed by atoms with Gasteiger partial charge in [0.25, 0.3) is 0 Å². The molecule has 1 atom stereocenters. The summed E-state index contributed by atoms with van der Waals surface area (Å²) in [6, 6.07) is 5.49. The van der Waals surface area contributed by atoms with E-state index in [1.165, 1.54) is 0 Å². The van der Waals surface area contributed by atoms with E-state index >= 15 is 0 Å². The van der Waals surface area contributed by atoms with E-state index in [-0.39, 0.29) is 11.2 Å². The zero-order valence-electron chi connectivity index (χ0n) is 10.6. The number of amides is 1. The van der Waals surface area contributed by atoms with E-state index in [0.29, 0.717) is 10.9 Å². The molecule has 1 amide bonds. The predicted molar refractivity (Wildman–Crippen MR) is 75.9 cm³/mol. The molecule has 1 fully saturated rings. The minimum atomic E-state index is -0.0733. The first kappa shape index (κ1) is 13.2. The molecule has 1 heterocycles. The van der Waals surface area contributed by atoms with Crippen molar-refractivity contribution in [1.82, 2.24) is 0 Å². The van der Waals surface area contributed by atoms with Crippen LogP contribution in [0.3, 0.4) is 0 Å². The normalized spacial score (nSPS) is 17.0. The van der Waals surface area contributed by atoms with Crippen LogP contribution in [-0.4, -0.2) is 29.6 Å². The van der Waals surface area contributed by atoms with Crippen LogP contribution in [0.15, 0.2) is 18.2 Å². The van der Waals surface area contributed by atoms with Crippen molar-refractivity contribution in [2.24, 2.45) is 0 Å². The summed E-state index contributed by atoms with van der Waals surface area (Å²) in [5.74, 6) is 0.0276. The van der Waals surface area contributed by atoms with Gasteiger partial charge < -0.3 is 15.8 Å². The van der Waals surface area contributed by atoms with Crippen molar-refractivity contribution < 1.29 is 9.53 Å². The molecule has 18 heavy (non-hydrogen) atoms. The molecule has 1 aliphatic rings. The summed E-state index contributed by atoms with van der Waals surface area (Å²) in [6.07, 6.45) is 0. The highest BCUT2D eigenvalue weighted by Crippen LogP contribution is 2.25. The molecule has 5 heteroatoms. The highest BCUT2D eigenvalue weighted by molar-refractivity contribution is 8.01. The fourth-order valence-corrected chi connectivity index (χ4v) is 2.81. The lowest BCUT2D eigenvalue weighted by Crippen LogP contribution is -2.34. The van der Waals surface area contributed by atoms with Gasteiger partial charge in [-0.05, 0) is 37.6 Å². The number of hydrogen-bond donors (Lipinski definition) is 2. The first-order valence-electron chi connectivity index (χ1n) is 5.96. The van der Waals surface area contributed by atoms with Gasteiger partial charge in [0.05, 0.1) is 23.7 Å². The van der Waals surface area contributed by atoms with Gasteiger partial charge >= 0.3 is 0 Å². The van der Waals surface area contributed by atoms with Crippen molar-refractivity contribution in [3.63, 3.8) is 0 Å². The van der Waals surface area contributed by atoms with E-state index in [4.69, 9.17) is 10.5 Å². The first-order chi connectivity index (χ1) is 8.56. The van der Waals surface area contributed by atoms with Gasteiger partial charge in [0.2, 0.25) is 5.91 Å². The lowest BCUT2D eigenvalue weighted by molar-refractivity contribution is -0.115. The Balaban J connectivity index is 1.92. The number of nitrogen functional groups attached to an aromatic ring is 1. The zero-order valence-corrected chi connectivity index (χ0v) is 11.4. The topological polar surface area (TPSA) is 64.3 Å². The van der Waals surface area contributed by atoms with E-state index in [0.717, 1.165) is 24.5 Å². The van der Waals surface area contributed by atoms with Gasteiger partial charge in [-0.2, -0.15) is 0 Å². The molecule has 0 saturated carbocycles. The number of benzene rings is 1. The minimum Gasteiger partial charge on any atom is -0.399 e. The smallest absolute Gasteiger partial charge is 0.237 e. The average Bonchev–Trinajstić information content (AvgIpc) is 2.27. The zero-order chi connectivity index (χ0) is 13.1. The second kappa shape index (κ2) is 5.63. The molecule has 0 spiro atoms. The molecule has 2 rings (SSSR count). The second-order valence-corrected chi connectivity index (χ2v) is 6.15. The summed E-state index contributed by atoms with van der Waals surface area (Å²) in [6.45, 7) is 5.36. The quantitative estimate of drug-likeness (QED) is 0.819. The number of aryl methyl sites for hydroxylation is 1. The van der Waals surface area contributed by atoms with Crippen LogP contribution in [0, 0.1) is 6.92 Å². The number of ether oxygens (including phenoxy) is 1. The van der Waals surface area contributed by atoms with Crippen LogP contribution in [-0.2, 0) is 9.53 Å². The Labute approximate surface area is 111 Å². The van der Waals surface area contributed by atoms with E-state index in [1.807, 2.05) is 26.0 Å². The number of anilines is 2. The highest BCUT2D eigenvalue weighted by atomic mass is 32.2. The number of hydrogen-bond acceptors (Lipinski definition) is 4. The lowest BCUT2D eigenvalue weighted by atomic mass is 10.2. The van der Waals surface area contributed by atoms with Gasteiger partial charge in [-0.25, -0.2) is 0 Å². The number of carbonyl (C=O) groups excluding carboxylic acids is 1. The van der Waals surface area contributed by atoms with Crippen LogP contribution >= 0.6 is 11.8 Å². The molecule has 4 nitrogen and oxygen atoms in total. The molecule has 0 aromatic heterocycles. The predicted octanol–water partition coefficient (Wildman–Crippen LogP) is 2.04. The Bertz CT molecular complexity index is 447. The van der Waals surface area contributed by atoms with Crippen LogP contribution in [0.4, 0.5) is 11.4 Å². The van der Waals surface area contributed by atoms with Gasteiger partial charge in [0.15, 0.2) is 0 Å². The van der Waals surface area contributed by atoms with Crippen LogP contribution in [0.2, 0.25) is 0 Å². The molecule has 1 saturated heterocycles. The fraction of sp³-hybridized carbons (Fsp3) is 0.462. The maximum atomic E-state index is 12.0. The van der Waals surface area contributed by atoms with Crippen molar-refractivity contribution >= 4 is 29.0 Å². The number of nitrogens with two attached hydrogens (primary N) is 1. The Hall–Kier alpha value is -1.20. The maximum Gasteiger partial charge on any atom is 0.237 e. The summed E-state index contributed by atoms with van der Waals surface area (Å²) in [7, 11) is 0. The standard InChI is InChI=1S/C13H18N2O2S/c1-8-5-10(14)3-4-12(8)15-13(16)9(2)18-11-6-17-7-11/h3-5,9,11H,6-7,14H2,1-2H3,(H,15,16). The second-order valence-electron chi connectivity index (χ2n) is 4.50. The molecule has 1 aromatic carbocycles. The van der Waals surface area contributed by atoms with Gasteiger partial charge in [-0.3, -0.25) is 4.79 Å². The maximum absolute atomic E-state index is 12.0.